The first-order valence-electron chi connectivity index (χ1n) is 5.38. The van der Waals surface area contributed by atoms with E-state index in [0.29, 0.717) is 5.02 Å². The Morgan fingerprint density at radius 1 is 1.30 bits per heavy atom. The summed E-state index contributed by atoms with van der Waals surface area (Å²) in [6.45, 7) is 0. The van der Waals surface area contributed by atoms with E-state index in [9.17, 15) is 14.9 Å². The number of non-ortho nitro benzene ring substituents is 1. The number of rotatable bonds is 4. The Balaban J connectivity index is 1.99. The number of nitro groups is 1. The van der Waals surface area contributed by atoms with Gasteiger partial charge in [0.1, 0.15) is 0 Å². The Morgan fingerprint density at radius 3 is 2.60 bits per heavy atom. The van der Waals surface area contributed by atoms with Gasteiger partial charge in [-0.2, -0.15) is 5.48 Å². The minimum Gasteiger partial charge on any atom is -0.378 e. The second-order valence-corrected chi connectivity index (χ2v) is 4.11. The van der Waals surface area contributed by atoms with Crippen LogP contribution in [-0.2, 0) is 0 Å². The molecule has 1 aromatic carbocycles. The minimum absolute atomic E-state index is 0.0958. The lowest BCUT2D eigenvalue weighted by Gasteiger charge is -2.06. The van der Waals surface area contributed by atoms with Gasteiger partial charge in [-0.05, 0) is 12.1 Å². The maximum Gasteiger partial charge on any atom is 0.283 e. The molecule has 1 N–H and O–H groups in total. The number of nitrogens with one attached hydrogen (secondary N) is 1. The molecule has 0 aliphatic heterocycles. The third-order valence-corrected chi connectivity index (χ3v) is 2.49. The molecule has 2 rings (SSSR count). The van der Waals surface area contributed by atoms with E-state index in [1.165, 1.54) is 42.7 Å². The SMILES string of the molecule is O=C(NOc1cncc(Cl)c1)c1ccc([N+](=O)[O-])cc1. The number of carbonyl (C=O) groups is 1. The molecule has 20 heavy (non-hydrogen) atoms. The number of nitro benzene ring substituents is 1. The van der Waals surface area contributed by atoms with Gasteiger partial charge in [-0.1, -0.05) is 11.6 Å². The van der Waals surface area contributed by atoms with Crippen molar-refractivity contribution >= 4 is 23.2 Å². The molecule has 0 unspecified atom stereocenters. The number of hydrogen-bond donors (Lipinski definition) is 1. The van der Waals surface area contributed by atoms with Crippen molar-refractivity contribution in [2.24, 2.45) is 0 Å². The summed E-state index contributed by atoms with van der Waals surface area (Å²) < 4.78 is 0. The first-order valence-corrected chi connectivity index (χ1v) is 5.76. The molecule has 8 heteroatoms. The first-order chi connectivity index (χ1) is 9.56. The van der Waals surface area contributed by atoms with Crippen LogP contribution in [0, 0.1) is 10.1 Å². The van der Waals surface area contributed by atoms with Gasteiger partial charge in [-0.3, -0.25) is 19.9 Å². The van der Waals surface area contributed by atoms with Gasteiger partial charge in [0.2, 0.25) is 0 Å². The quantitative estimate of drug-likeness (QED) is 0.690. The second-order valence-electron chi connectivity index (χ2n) is 3.68. The summed E-state index contributed by atoms with van der Waals surface area (Å²) in [4.78, 5) is 30.4. The number of nitrogens with zero attached hydrogens (tertiary/aromatic N) is 2. The molecule has 1 amide bonds. The molecule has 0 fully saturated rings. The molecule has 0 saturated heterocycles. The number of hydrogen-bond acceptors (Lipinski definition) is 5. The Morgan fingerprint density at radius 2 is 2.00 bits per heavy atom. The van der Waals surface area contributed by atoms with Crippen molar-refractivity contribution in [2.45, 2.75) is 0 Å². The van der Waals surface area contributed by atoms with Gasteiger partial charge in [0.15, 0.2) is 5.75 Å². The number of benzene rings is 1. The van der Waals surface area contributed by atoms with Crippen LogP contribution in [0.5, 0.6) is 5.75 Å². The Hall–Kier alpha value is -2.67. The van der Waals surface area contributed by atoms with Crippen molar-refractivity contribution in [3.8, 4) is 5.75 Å². The lowest BCUT2D eigenvalue weighted by Crippen LogP contribution is -2.26. The molecular weight excluding hydrogens is 286 g/mol. The van der Waals surface area contributed by atoms with Crippen molar-refractivity contribution < 1.29 is 14.6 Å². The van der Waals surface area contributed by atoms with Crippen molar-refractivity contribution in [1.29, 1.82) is 0 Å². The fourth-order valence-corrected chi connectivity index (χ4v) is 1.51. The highest BCUT2D eigenvalue weighted by atomic mass is 35.5. The van der Waals surface area contributed by atoms with E-state index in [1.807, 2.05) is 0 Å². The summed E-state index contributed by atoms with van der Waals surface area (Å²) in [5, 5.41) is 10.9. The zero-order valence-electron chi connectivity index (χ0n) is 9.95. The lowest BCUT2D eigenvalue weighted by molar-refractivity contribution is -0.384. The molecule has 0 spiro atoms. The Kier molecular flexibility index (Phi) is 4.11. The topological polar surface area (TPSA) is 94.4 Å². The molecule has 2 aromatic rings. The number of carbonyl (C=O) groups excluding carboxylic acids is 1. The molecule has 102 valence electrons. The lowest BCUT2D eigenvalue weighted by atomic mass is 10.2. The molecule has 0 radical (unpaired) electrons. The van der Waals surface area contributed by atoms with Crippen molar-refractivity contribution in [3.05, 3.63) is 63.4 Å². The minimum atomic E-state index is -0.546. The van der Waals surface area contributed by atoms with E-state index in [-0.39, 0.29) is 17.0 Å². The summed E-state index contributed by atoms with van der Waals surface area (Å²) in [5.41, 5.74) is 2.32. The maximum atomic E-state index is 11.7. The average molecular weight is 294 g/mol. The van der Waals surface area contributed by atoms with Gasteiger partial charge < -0.3 is 4.84 Å². The van der Waals surface area contributed by atoms with Gasteiger partial charge in [-0.15, -0.1) is 0 Å². The normalized spacial score (nSPS) is 9.85. The Bertz CT molecular complexity index is 645. The van der Waals surface area contributed by atoms with Gasteiger partial charge in [0.25, 0.3) is 11.6 Å². The second kappa shape index (κ2) is 5.98. The van der Waals surface area contributed by atoms with Crippen LogP contribution in [0.25, 0.3) is 0 Å². The van der Waals surface area contributed by atoms with E-state index < -0.39 is 10.8 Å². The summed E-state index contributed by atoms with van der Waals surface area (Å²) in [7, 11) is 0. The summed E-state index contributed by atoms with van der Waals surface area (Å²) in [6.07, 6.45) is 2.80. The molecule has 1 heterocycles. The first kappa shape index (κ1) is 13.8. The Labute approximate surface area is 118 Å². The van der Waals surface area contributed by atoms with E-state index in [1.54, 1.807) is 0 Å². The predicted molar refractivity (Wildman–Crippen MR) is 70.4 cm³/mol. The van der Waals surface area contributed by atoms with Crippen molar-refractivity contribution in [1.82, 2.24) is 10.5 Å². The largest absolute Gasteiger partial charge is 0.378 e. The van der Waals surface area contributed by atoms with Crippen LogP contribution >= 0.6 is 11.6 Å². The zero-order chi connectivity index (χ0) is 14.5. The van der Waals surface area contributed by atoms with Crippen LogP contribution in [-0.4, -0.2) is 15.8 Å². The monoisotopic (exact) mass is 293 g/mol. The molecule has 0 aliphatic carbocycles. The van der Waals surface area contributed by atoms with Gasteiger partial charge in [-0.25, -0.2) is 0 Å². The van der Waals surface area contributed by atoms with E-state index in [4.69, 9.17) is 16.4 Å². The molecule has 0 atom stereocenters. The van der Waals surface area contributed by atoms with E-state index in [2.05, 4.69) is 10.5 Å². The fourth-order valence-electron chi connectivity index (χ4n) is 1.35. The predicted octanol–water partition coefficient (Wildman–Crippen LogP) is 2.37. The molecule has 0 bridgehead atoms. The van der Waals surface area contributed by atoms with Gasteiger partial charge in [0, 0.05) is 30.0 Å². The summed E-state index contributed by atoms with van der Waals surface area (Å²) in [6, 6.07) is 6.59. The third-order valence-electron chi connectivity index (χ3n) is 2.28. The van der Waals surface area contributed by atoms with Crippen molar-refractivity contribution in [3.63, 3.8) is 0 Å². The molecule has 0 aliphatic rings. The zero-order valence-corrected chi connectivity index (χ0v) is 10.7. The van der Waals surface area contributed by atoms with E-state index in [0.717, 1.165) is 0 Å². The molecule has 1 aromatic heterocycles. The number of aromatic nitrogens is 1. The number of pyridine rings is 1. The fraction of sp³-hybridized carbons (Fsp3) is 0. The maximum absolute atomic E-state index is 11.7. The van der Waals surface area contributed by atoms with Gasteiger partial charge >= 0.3 is 0 Å². The van der Waals surface area contributed by atoms with Gasteiger partial charge in [0.05, 0.1) is 16.1 Å². The standard InChI is InChI=1S/C12H8ClN3O4/c13-9-5-11(7-14-6-9)20-15-12(17)8-1-3-10(4-2-8)16(18)19/h1-7H,(H,15,17). The smallest absolute Gasteiger partial charge is 0.283 e. The number of halogens is 1. The van der Waals surface area contributed by atoms with Crippen LogP contribution in [0.3, 0.4) is 0 Å². The highest BCUT2D eigenvalue weighted by Crippen LogP contribution is 2.15. The van der Waals surface area contributed by atoms with Crippen LogP contribution < -0.4 is 10.3 Å². The third kappa shape index (κ3) is 3.42. The van der Waals surface area contributed by atoms with Crippen LogP contribution in [0.4, 0.5) is 5.69 Å². The molecular formula is C12H8ClN3O4. The number of hydroxylamine groups is 1. The molecule has 0 saturated carbocycles. The van der Waals surface area contributed by atoms with Crippen LogP contribution in [0.1, 0.15) is 10.4 Å². The summed E-state index contributed by atoms with van der Waals surface area (Å²) >= 11 is 5.71. The molecule has 7 nitrogen and oxygen atoms in total. The van der Waals surface area contributed by atoms with Crippen LogP contribution in [0.15, 0.2) is 42.7 Å². The van der Waals surface area contributed by atoms with Crippen LogP contribution in [0.2, 0.25) is 5.02 Å². The van der Waals surface area contributed by atoms with E-state index >= 15 is 0 Å². The highest BCUT2D eigenvalue weighted by molar-refractivity contribution is 6.30. The average Bonchev–Trinajstić information content (AvgIpc) is 2.45. The number of amides is 1. The van der Waals surface area contributed by atoms with Crippen molar-refractivity contribution in [2.75, 3.05) is 0 Å². The highest BCUT2D eigenvalue weighted by Gasteiger charge is 2.10. The summed E-state index contributed by atoms with van der Waals surface area (Å²) in [5.74, 6) is -0.271.